The molecule has 0 saturated heterocycles. The van der Waals surface area contributed by atoms with E-state index in [2.05, 4.69) is 19.1 Å². The van der Waals surface area contributed by atoms with Gasteiger partial charge < -0.3 is 5.11 Å². The Kier molecular flexibility index (Phi) is 7.20. The fourth-order valence-electron chi connectivity index (χ4n) is 0.845. The SMILES string of the molecule is CCCCC(O)CCC=S. The number of aliphatic hydroxyl groups excluding tert-OH is 1. The molecule has 0 aliphatic rings. The first-order valence-electron chi connectivity index (χ1n) is 3.93. The van der Waals surface area contributed by atoms with Crippen LogP contribution in [-0.2, 0) is 0 Å². The summed E-state index contributed by atoms with van der Waals surface area (Å²) in [5, 5.41) is 10.9. The normalized spacial score (nSPS) is 13.0. The molecule has 0 bridgehead atoms. The number of hydrogen-bond acceptors (Lipinski definition) is 2. The molecule has 0 amide bonds. The summed E-state index contributed by atoms with van der Waals surface area (Å²) in [7, 11) is 0. The summed E-state index contributed by atoms with van der Waals surface area (Å²) in [5.41, 5.74) is 0. The minimum absolute atomic E-state index is 0.126. The van der Waals surface area contributed by atoms with Gasteiger partial charge in [0.2, 0.25) is 0 Å². The highest BCUT2D eigenvalue weighted by Gasteiger charge is 2.00. The van der Waals surface area contributed by atoms with Gasteiger partial charge in [-0.3, -0.25) is 0 Å². The van der Waals surface area contributed by atoms with Crippen LogP contribution in [0.15, 0.2) is 0 Å². The molecule has 1 nitrogen and oxygen atoms in total. The van der Waals surface area contributed by atoms with E-state index < -0.39 is 0 Å². The standard InChI is InChI=1S/C8H16OS/c1-2-3-5-8(9)6-4-7-10/h7-9H,2-6H2,1H3. The van der Waals surface area contributed by atoms with Crippen molar-refractivity contribution in [2.75, 3.05) is 0 Å². The van der Waals surface area contributed by atoms with E-state index in [1.807, 2.05) is 0 Å². The molecule has 2 heteroatoms. The predicted molar refractivity (Wildman–Crippen MR) is 48.4 cm³/mol. The predicted octanol–water partition coefficient (Wildman–Crippen LogP) is 2.32. The first-order valence-corrected chi connectivity index (χ1v) is 4.40. The van der Waals surface area contributed by atoms with E-state index in [4.69, 9.17) is 0 Å². The van der Waals surface area contributed by atoms with Crippen LogP contribution in [-0.4, -0.2) is 16.6 Å². The van der Waals surface area contributed by atoms with Gasteiger partial charge in [-0.15, -0.1) is 0 Å². The van der Waals surface area contributed by atoms with E-state index in [1.54, 1.807) is 5.37 Å². The zero-order valence-corrected chi connectivity index (χ0v) is 7.36. The zero-order valence-electron chi connectivity index (χ0n) is 6.55. The molecule has 0 aromatic carbocycles. The second kappa shape index (κ2) is 7.16. The van der Waals surface area contributed by atoms with E-state index in [1.165, 1.54) is 0 Å². The number of rotatable bonds is 6. The number of aliphatic hydroxyl groups is 1. The molecule has 1 atom stereocenters. The second-order valence-corrected chi connectivity index (χ2v) is 2.87. The van der Waals surface area contributed by atoms with Gasteiger partial charge in [-0.25, -0.2) is 0 Å². The Balaban J connectivity index is 3.07. The summed E-state index contributed by atoms with van der Waals surface area (Å²) < 4.78 is 0. The molecular formula is C8H16OS. The van der Waals surface area contributed by atoms with Crippen molar-refractivity contribution in [2.45, 2.75) is 45.1 Å². The number of hydrogen-bond donors (Lipinski definition) is 1. The highest BCUT2D eigenvalue weighted by Crippen LogP contribution is 2.05. The Morgan fingerprint density at radius 3 is 2.70 bits per heavy atom. The van der Waals surface area contributed by atoms with Gasteiger partial charge in [0.15, 0.2) is 0 Å². The van der Waals surface area contributed by atoms with Crippen LogP contribution >= 0.6 is 12.2 Å². The zero-order chi connectivity index (χ0) is 7.82. The molecule has 0 saturated carbocycles. The lowest BCUT2D eigenvalue weighted by molar-refractivity contribution is 0.154. The maximum absolute atomic E-state index is 9.25. The Morgan fingerprint density at radius 2 is 2.20 bits per heavy atom. The van der Waals surface area contributed by atoms with Crippen LogP contribution in [0.4, 0.5) is 0 Å². The largest absolute Gasteiger partial charge is 0.393 e. The van der Waals surface area contributed by atoms with E-state index in [9.17, 15) is 5.11 Å². The summed E-state index contributed by atoms with van der Waals surface area (Å²) in [6.45, 7) is 2.13. The van der Waals surface area contributed by atoms with Crippen molar-refractivity contribution >= 4 is 17.6 Å². The van der Waals surface area contributed by atoms with Crippen molar-refractivity contribution in [1.82, 2.24) is 0 Å². The molecule has 0 rings (SSSR count). The van der Waals surface area contributed by atoms with Gasteiger partial charge in [-0.2, -0.15) is 0 Å². The maximum atomic E-state index is 9.25. The molecule has 0 radical (unpaired) electrons. The molecule has 1 unspecified atom stereocenters. The summed E-state index contributed by atoms with van der Waals surface area (Å²) in [5.74, 6) is 0. The van der Waals surface area contributed by atoms with E-state index in [0.717, 1.165) is 32.1 Å². The van der Waals surface area contributed by atoms with Crippen LogP contribution in [0, 0.1) is 0 Å². The van der Waals surface area contributed by atoms with Crippen molar-refractivity contribution in [3.63, 3.8) is 0 Å². The van der Waals surface area contributed by atoms with Crippen molar-refractivity contribution < 1.29 is 5.11 Å². The van der Waals surface area contributed by atoms with E-state index >= 15 is 0 Å². The molecule has 0 fully saturated rings. The molecule has 0 aliphatic carbocycles. The minimum atomic E-state index is -0.126. The smallest absolute Gasteiger partial charge is 0.0543 e. The summed E-state index contributed by atoms with van der Waals surface area (Å²) >= 11 is 4.65. The van der Waals surface area contributed by atoms with Gasteiger partial charge in [0, 0.05) is 0 Å². The van der Waals surface area contributed by atoms with Gasteiger partial charge in [0.1, 0.15) is 0 Å². The van der Waals surface area contributed by atoms with Crippen molar-refractivity contribution in [3.05, 3.63) is 0 Å². The average molecular weight is 160 g/mol. The molecule has 0 aliphatic heterocycles. The highest BCUT2D eigenvalue weighted by molar-refractivity contribution is 7.78. The maximum Gasteiger partial charge on any atom is 0.0543 e. The number of thiocarbonyl (C=S) groups is 1. The van der Waals surface area contributed by atoms with Crippen LogP contribution in [0.2, 0.25) is 0 Å². The molecule has 1 N–H and O–H groups in total. The van der Waals surface area contributed by atoms with Gasteiger partial charge in [-0.05, 0) is 24.6 Å². The molecule has 0 heterocycles. The van der Waals surface area contributed by atoms with E-state index in [-0.39, 0.29) is 6.10 Å². The fraction of sp³-hybridized carbons (Fsp3) is 0.875. The van der Waals surface area contributed by atoms with Crippen molar-refractivity contribution in [2.24, 2.45) is 0 Å². The number of unbranched alkanes of at least 4 members (excludes halogenated alkanes) is 1. The summed E-state index contributed by atoms with van der Waals surface area (Å²) in [4.78, 5) is 0. The lowest BCUT2D eigenvalue weighted by atomic mass is 10.1. The molecular weight excluding hydrogens is 144 g/mol. The van der Waals surface area contributed by atoms with E-state index in [0.29, 0.717) is 0 Å². The van der Waals surface area contributed by atoms with Crippen LogP contribution in [0.25, 0.3) is 0 Å². The van der Waals surface area contributed by atoms with Crippen LogP contribution in [0.1, 0.15) is 39.0 Å². The third kappa shape index (κ3) is 6.17. The third-order valence-electron chi connectivity index (χ3n) is 1.51. The van der Waals surface area contributed by atoms with Gasteiger partial charge in [0.25, 0.3) is 0 Å². The fourth-order valence-corrected chi connectivity index (χ4v) is 0.981. The average Bonchev–Trinajstić information content (AvgIpc) is 1.97. The van der Waals surface area contributed by atoms with Crippen LogP contribution in [0.3, 0.4) is 0 Å². The monoisotopic (exact) mass is 160 g/mol. The molecule has 0 aromatic heterocycles. The highest BCUT2D eigenvalue weighted by atomic mass is 32.1. The van der Waals surface area contributed by atoms with Crippen LogP contribution < -0.4 is 0 Å². The Bertz CT molecular complexity index is 83.3. The van der Waals surface area contributed by atoms with Gasteiger partial charge >= 0.3 is 0 Å². The molecule has 10 heavy (non-hydrogen) atoms. The minimum Gasteiger partial charge on any atom is -0.393 e. The lowest BCUT2D eigenvalue weighted by Crippen LogP contribution is -2.05. The first-order chi connectivity index (χ1) is 4.81. The molecule has 0 aromatic rings. The molecule has 60 valence electrons. The first kappa shape index (κ1) is 10.0. The summed E-state index contributed by atoms with van der Waals surface area (Å²) in [6.07, 6.45) is 4.79. The second-order valence-electron chi connectivity index (χ2n) is 2.54. The summed E-state index contributed by atoms with van der Waals surface area (Å²) in [6, 6.07) is 0. The Morgan fingerprint density at radius 1 is 1.50 bits per heavy atom. The van der Waals surface area contributed by atoms with Crippen LogP contribution in [0.5, 0.6) is 0 Å². The third-order valence-corrected chi connectivity index (χ3v) is 1.74. The van der Waals surface area contributed by atoms with Crippen molar-refractivity contribution in [1.29, 1.82) is 0 Å². The lowest BCUT2D eigenvalue weighted by Gasteiger charge is -2.06. The Hall–Kier alpha value is 0.0500. The van der Waals surface area contributed by atoms with Crippen molar-refractivity contribution in [3.8, 4) is 0 Å². The van der Waals surface area contributed by atoms with Gasteiger partial charge in [0.05, 0.1) is 6.10 Å². The van der Waals surface area contributed by atoms with Gasteiger partial charge in [-0.1, -0.05) is 32.0 Å². The molecule has 0 spiro atoms. The Labute approximate surface area is 68.4 Å². The quantitative estimate of drug-likeness (QED) is 0.602. The topological polar surface area (TPSA) is 20.2 Å².